The number of halogens is 1. The number of piperazine rings is 1. The van der Waals surface area contributed by atoms with Crippen molar-refractivity contribution in [1.29, 1.82) is 5.26 Å². The van der Waals surface area contributed by atoms with Crippen molar-refractivity contribution in [2.45, 2.75) is 12.8 Å². The number of nitriles is 1. The van der Waals surface area contributed by atoms with E-state index in [1.807, 2.05) is 12.1 Å². The van der Waals surface area contributed by atoms with Crippen LogP contribution in [0.3, 0.4) is 0 Å². The number of hydrogen-bond acceptors (Lipinski definition) is 6. The van der Waals surface area contributed by atoms with Crippen LogP contribution in [0, 0.1) is 17.2 Å². The van der Waals surface area contributed by atoms with Crippen molar-refractivity contribution < 1.29 is 4.79 Å². The smallest absolute Gasteiger partial charge is 0.324 e. The Labute approximate surface area is 202 Å². The van der Waals surface area contributed by atoms with Crippen molar-refractivity contribution in [2.75, 3.05) is 48.3 Å². The third-order valence-electron chi connectivity index (χ3n) is 6.13. The summed E-state index contributed by atoms with van der Waals surface area (Å²) in [6.07, 6.45) is 4.33. The number of hydrogen-bond donors (Lipinski definition) is 2. The maximum absolute atomic E-state index is 12.5. The maximum atomic E-state index is 12.5. The van der Waals surface area contributed by atoms with E-state index in [-0.39, 0.29) is 0 Å². The molecule has 2 fully saturated rings. The zero-order valence-corrected chi connectivity index (χ0v) is 19.4. The van der Waals surface area contributed by atoms with E-state index in [0.717, 1.165) is 43.5 Å². The number of nitrogens with zero attached hydrogens (tertiary/aromatic N) is 6. The van der Waals surface area contributed by atoms with Gasteiger partial charge in [-0.3, -0.25) is 10.2 Å². The minimum absolute atomic E-state index is 0.300. The standard InChI is InChI=1S/C24H25ClN8O/c25-19-3-6-21(7-4-19)33-16-23(29-30-33)28-24(34)27-20-5-8-22(18(13-20)14-26)32-11-9-31(10-12-32)15-17-1-2-17/h3-8,13,16-17H,1-2,9-12,15H2,(H2,27,28,34). The highest BCUT2D eigenvalue weighted by Crippen LogP contribution is 2.31. The molecule has 2 heterocycles. The molecule has 174 valence electrons. The van der Waals surface area contributed by atoms with Gasteiger partial charge in [0.2, 0.25) is 0 Å². The van der Waals surface area contributed by atoms with Crippen LogP contribution in [-0.4, -0.2) is 58.6 Å². The van der Waals surface area contributed by atoms with Gasteiger partial charge < -0.3 is 10.2 Å². The molecule has 0 radical (unpaired) electrons. The number of benzene rings is 2. The van der Waals surface area contributed by atoms with Crippen LogP contribution in [0.25, 0.3) is 5.69 Å². The summed E-state index contributed by atoms with van der Waals surface area (Å²) in [5, 5.41) is 23.8. The molecule has 0 spiro atoms. The number of amides is 2. The molecule has 3 aromatic rings. The van der Waals surface area contributed by atoms with E-state index in [1.54, 1.807) is 41.2 Å². The van der Waals surface area contributed by atoms with Crippen molar-refractivity contribution >= 4 is 34.8 Å². The fourth-order valence-corrected chi connectivity index (χ4v) is 4.26. The van der Waals surface area contributed by atoms with Crippen molar-refractivity contribution in [2.24, 2.45) is 5.92 Å². The van der Waals surface area contributed by atoms with E-state index in [0.29, 0.717) is 22.1 Å². The Morgan fingerprint density at radius 3 is 2.56 bits per heavy atom. The van der Waals surface area contributed by atoms with Gasteiger partial charge in [-0.2, -0.15) is 5.26 Å². The number of nitrogens with one attached hydrogen (secondary N) is 2. The van der Waals surface area contributed by atoms with Gasteiger partial charge in [0.1, 0.15) is 6.07 Å². The van der Waals surface area contributed by atoms with E-state index in [4.69, 9.17) is 11.6 Å². The Morgan fingerprint density at radius 1 is 1.09 bits per heavy atom. The molecule has 1 saturated carbocycles. The zero-order valence-electron chi connectivity index (χ0n) is 18.6. The van der Waals surface area contributed by atoms with Crippen LogP contribution in [-0.2, 0) is 0 Å². The molecule has 5 rings (SSSR count). The third kappa shape index (κ3) is 5.30. The molecule has 2 aromatic carbocycles. The van der Waals surface area contributed by atoms with Crippen LogP contribution in [0.2, 0.25) is 5.02 Å². The lowest BCUT2D eigenvalue weighted by molar-refractivity contribution is 0.248. The Morgan fingerprint density at radius 2 is 1.85 bits per heavy atom. The van der Waals surface area contributed by atoms with Crippen molar-refractivity contribution in [3.63, 3.8) is 0 Å². The van der Waals surface area contributed by atoms with Crippen LogP contribution in [0.4, 0.5) is 22.0 Å². The van der Waals surface area contributed by atoms with Crippen LogP contribution in [0.15, 0.2) is 48.7 Å². The predicted molar refractivity (Wildman–Crippen MR) is 132 cm³/mol. The molecule has 1 saturated heterocycles. The average Bonchev–Trinajstić information content (AvgIpc) is 3.55. The Kier molecular flexibility index (Phi) is 6.34. The van der Waals surface area contributed by atoms with Gasteiger partial charge in [-0.05, 0) is 61.2 Å². The molecule has 2 amide bonds. The van der Waals surface area contributed by atoms with Gasteiger partial charge in [-0.15, -0.1) is 5.10 Å². The molecule has 1 aromatic heterocycles. The minimum atomic E-state index is -0.464. The second-order valence-corrected chi connectivity index (χ2v) is 9.12. The SMILES string of the molecule is N#Cc1cc(NC(=O)Nc2cn(-c3ccc(Cl)cc3)nn2)ccc1N1CCN(CC2CC2)CC1. The topological polar surface area (TPSA) is 102 Å². The number of carbonyl (C=O) groups is 1. The Hall–Kier alpha value is -3.61. The molecule has 1 aliphatic carbocycles. The molecule has 0 unspecified atom stereocenters. The number of carbonyl (C=O) groups excluding carboxylic acids is 1. The summed E-state index contributed by atoms with van der Waals surface area (Å²) in [5.74, 6) is 1.19. The van der Waals surface area contributed by atoms with Gasteiger partial charge in [0.15, 0.2) is 5.82 Å². The van der Waals surface area contributed by atoms with Gasteiger partial charge >= 0.3 is 6.03 Å². The molecule has 34 heavy (non-hydrogen) atoms. The molecular formula is C24H25ClN8O. The molecular weight excluding hydrogens is 452 g/mol. The summed E-state index contributed by atoms with van der Waals surface area (Å²) >= 11 is 5.91. The highest BCUT2D eigenvalue weighted by Gasteiger charge is 2.27. The molecule has 9 nitrogen and oxygen atoms in total. The van der Waals surface area contributed by atoms with Gasteiger partial charge in [0, 0.05) is 43.4 Å². The number of urea groups is 1. The Bertz CT molecular complexity index is 1210. The van der Waals surface area contributed by atoms with Crippen molar-refractivity contribution in [3.05, 3.63) is 59.2 Å². The summed E-state index contributed by atoms with van der Waals surface area (Å²) in [4.78, 5) is 17.2. The lowest BCUT2D eigenvalue weighted by atomic mass is 10.1. The summed E-state index contributed by atoms with van der Waals surface area (Å²) in [6.45, 7) is 5.03. The van der Waals surface area contributed by atoms with Gasteiger partial charge in [-0.25, -0.2) is 9.48 Å². The highest BCUT2D eigenvalue weighted by molar-refractivity contribution is 6.30. The van der Waals surface area contributed by atoms with E-state index in [1.165, 1.54) is 19.4 Å². The molecule has 2 aliphatic rings. The molecule has 0 bridgehead atoms. The molecule has 1 aliphatic heterocycles. The second kappa shape index (κ2) is 9.71. The third-order valence-corrected chi connectivity index (χ3v) is 6.38. The van der Waals surface area contributed by atoms with E-state index >= 15 is 0 Å². The second-order valence-electron chi connectivity index (χ2n) is 8.68. The lowest BCUT2D eigenvalue weighted by Crippen LogP contribution is -2.47. The normalized spacial score (nSPS) is 16.2. The fourth-order valence-electron chi connectivity index (χ4n) is 4.14. The Balaban J connectivity index is 1.19. The molecule has 2 N–H and O–H groups in total. The summed E-state index contributed by atoms with van der Waals surface area (Å²) in [5.41, 5.74) is 2.76. The fraction of sp³-hybridized carbons (Fsp3) is 0.333. The van der Waals surface area contributed by atoms with Crippen LogP contribution in [0.1, 0.15) is 18.4 Å². The molecule has 0 atom stereocenters. The maximum Gasteiger partial charge on any atom is 0.324 e. The number of anilines is 3. The summed E-state index contributed by atoms with van der Waals surface area (Å²) in [7, 11) is 0. The van der Waals surface area contributed by atoms with Crippen molar-refractivity contribution in [1.82, 2.24) is 19.9 Å². The first-order valence-corrected chi connectivity index (χ1v) is 11.7. The van der Waals surface area contributed by atoms with Crippen LogP contribution >= 0.6 is 11.6 Å². The van der Waals surface area contributed by atoms with Gasteiger partial charge in [0.05, 0.1) is 23.1 Å². The quantitative estimate of drug-likeness (QED) is 0.558. The molecule has 10 heteroatoms. The number of aromatic nitrogens is 3. The van der Waals surface area contributed by atoms with E-state index in [9.17, 15) is 10.1 Å². The zero-order chi connectivity index (χ0) is 23.5. The van der Waals surface area contributed by atoms with Crippen LogP contribution < -0.4 is 15.5 Å². The van der Waals surface area contributed by atoms with E-state index in [2.05, 4.69) is 36.8 Å². The van der Waals surface area contributed by atoms with Gasteiger partial charge in [0.25, 0.3) is 0 Å². The summed E-state index contributed by atoms with van der Waals surface area (Å²) in [6, 6.07) is 14.3. The first-order valence-electron chi connectivity index (χ1n) is 11.3. The first kappa shape index (κ1) is 22.2. The highest BCUT2D eigenvalue weighted by atomic mass is 35.5. The predicted octanol–water partition coefficient (Wildman–Crippen LogP) is 3.97. The van der Waals surface area contributed by atoms with E-state index < -0.39 is 6.03 Å². The first-order chi connectivity index (χ1) is 16.6. The monoisotopic (exact) mass is 476 g/mol. The summed E-state index contributed by atoms with van der Waals surface area (Å²) < 4.78 is 1.54. The average molecular weight is 477 g/mol. The van der Waals surface area contributed by atoms with Gasteiger partial charge in [-0.1, -0.05) is 16.8 Å². The lowest BCUT2D eigenvalue weighted by Gasteiger charge is -2.36. The largest absolute Gasteiger partial charge is 0.368 e. The van der Waals surface area contributed by atoms with Crippen LogP contribution in [0.5, 0.6) is 0 Å². The minimum Gasteiger partial charge on any atom is -0.368 e. The van der Waals surface area contributed by atoms with Crippen molar-refractivity contribution in [3.8, 4) is 11.8 Å². The number of rotatable bonds is 6.